The van der Waals surface area contributed by atoms with E-state index in [1.807, 2.05) is 31.2 Å². The molecule has 184 valence electrons. The third kappa shape index (κ3) is 4.91. The Hall–Kier alpha value is -3.32. The van der Waals surface area contributed by atoms with Crippen molar-refractivity contribution < 1.29 is 17.9 Å². The van der Waals surface area contributed by atoms with E-state index in [9.17, 15) is 13.2 Å². The van der Waals surface area contributed by atoms with Crippen molar-refractivity contribution >= 4 is 21.6 Å². The molecule has 6 nitrogen and oxygen atoms in total. The summed E-state index contributed by atoms with van der Waals surface area (Å²) in [5.41, 5.74) is 2.41. The number of hydrogen-bond donors (Lipinski definition) is 1. The van der Waals surface area contributed by atoms with Crippen LogP contribution in [0.2, 0.25) is 0 Å². The SMILES string of the molecule is CCC1(CC)CC(NC(=O)c2cccc(N(C)S(=O)(=O)c3ccc(C)cc3)c2)c2ccccc2O1. The number of aryl methyl sites for hydroxylation is 1. The molecule has 1 N–H and O–H groups in total. The molecule has 0 spiro atoms. The molecule has 0 aliphatic carbocycles. The molecule has 4 rings (SSSR count). The number of hydrogen-bond acceptors (Lipinski definition) is 4. The zero-order valence-electron chi connectivity index (χ0n) is 20.6. The summed E-state index contributed by atoms with van der Waals surface area (Å²) in [4.78, 5) is 13.5. The van der Waals surface area contributed by atoms with Crippen molar-refractivity contribution in [2.45, 2.75) is 56.6 Å². The second-order valence-electron chi connectivity index (χ2n) is 9.10. The average molecular weight is 493 g/mol. The molecule has 35 heavy (non-hydrogen) atoms. The second-order valence-corrected chi connectivity index (χ2v) is 11.1. The quantitative estimate of drug-likeness (QED) is 0.464. The molecule has 7 heteroatoms. The van der Waals surface area contributed by atoms with Gasteiger partial charge in [0, 0.05) is 24.6 Å². The van der Waals surface area contributed by atoms with Crippen LogP contribution in [0.4, 0.5) is 5.69 Å². The van der Waals surface area contributed by atoms with Crippen molar-refractivity contribution in [2.75, 3.05) is 11.4 Å². The van der Waals surface area contributed by atoms with E-state index in [0.29, 0.717) is 17.7 Å². The number of ether oxygens (including phenoxy) is 1. The molecule has 0 bridgehead atoms. The number of nitrogens with one attached hydrogen (secondary N) is 1. The van der Waals surface area contributed by atoms with Crippen LogP contribution in [0.1, 0.15) is 60.6 Å². The van der Waals surface area contributed by atoms with Gasteiger partial charge in [0.1, 0.15) is 11.4 Å². The van der Waals surface area contributed by atoms with Gasteiger partial charge in [-0.1, -0.05) is 55.8 Å². The molecule has 1 amide bonds. The van der Waals surface area contributed by atoms with Gasteiger partial charge in [0.2, 0.25) is 0 Å². The Kier molecular flexibility index (Phi) is 6.90. The number of anilines is 1. The Morgan fingerprint density at radius 1 is 1.03 bits per heavy atom. The molecule has 1 aliphatic heterocycles. The minimum absolute atomic E-state index is 0.203. The van der Waals surface area contributed by atoms with Gasteiger partial charge in [-0.05, 0) is 56.2 Å². The highest BCUT2D eigenvalue weighted by molar-refractivity contribution is 7.92. The fourth-order valence-electron chi connectivity index (χ4n) is 4.52. The topological polar surface area (TPSA) is 75.7 Å². The lowest BCUT2D eigenvalue weighted by Crippen LogP contribution is -2.44. The first-order chi connectivity index (χ1) is 16.7. The molecule has 0 radical (unpaired) electrons. The van der Waals surface area contributed by atoms with Gasteiger partial charge in [0.15, 0.2) is 0 Å². The Balaban J connectivity index is 1.59. The molecule has 1 heterocycles. The molecule has 0 saturated heterocycles. The minimum Gasteiger partial charge on any atom is -0.487 e. The first-order valence-electron chi connectivity index (χ1n) is 11.9. The summed E-state index contributed by atoms with van der Waals surface area (Å²) in [6.45, 7) is 6.11. The van der Waals surface area contributed by atoms with Gasteiger partial charge in [-0.15, -0.1) is 0 Å². The number of sulfonamides is 1. The van der Waals surface area contributed by atoms with Crippen molar-refractivity contribution in [3.05, 3.63) is 89.5 Å². The lowest BCUT2D eigenvalue weighted by atomic mass is 9.83. The number of para-hydroxylation sites is 1. The summed E-state index contributed by atoms with van der Waals surface area (Å²) in [5.74, 6) is 0.543. The molecular weight excluding hydrogens is 460 g/mol. The highest BCUT2D eigenvalue weighted by Crippen LogP contribution is 2.42. The van der Waals surface area contributed by atoms with Gasteiger partial charge in [0.05, 0.1) is 16.6 Å². The Bertz CT molecular complexity index is 1310. The predicted molar refractivity (Wildman–Crippen MR) is 138 cm³/mol. The van der Waals surface area contributed by atoms with Gasteiger partial charge in [-0.3, -0.25) is 9.10 Å². The number of amides is 1. The average Bonchev–Trinajstić information content (AvgIpc) is 2.88. The predicted octanol–water partition coefficient (Wildman–Crippen LogP) is 5.63. The first-order valence-corrected chi connectivity index (χ1v) is 13.4. The molecule has 1 atom stereocenters. The van der Waals surface area contributed by atoms with E-state index in [-0.39, 0.29) is 22.4 Å². The van der Waals surface area contributed by atoms with Crippen molar-refractivity contribution in [2.24, 2.45) is 0 Å². The summed E-state index contributed by atoms with van der Waals surface area (Å²) in [6.07, 6.45) is 2.34. The van der Waals surface area contributed by atoms with Gasteiger partial charge in [0.25, 0.3) is 15.9 Å². The maximum Gasteiger partial charge on any atom is 0.264 e. The van der Waals surface area contributed by atoms with E-state index < -0.39 is 10.0 Å². The molecular formula is C28H32N2O4S. The highest BCUT2D eigenvalue weighted by atomic mass is 32.2. The third-order valence-electron chi connectivity index (χ3n) is 6.94. The van der Waals surface area contributed by atoms with Crippen LogP contribution in [0, 0.1) is 6.92 Å². The summed E-state index contributed by atoms with van der Waals surface area (Å²) in [6, 6.07) is 21.0. The summed E-state index contributed by atoms with van der Waals surface area (Å²) in [5, 5.41) is 3.17. The summed E-state index contributed by atoms with van der Waals surface area (Å²) in [7, 11) is -2.26. The molecule has 0 fully saturated rings. The minimum atomic E-state index is -3.76. The highest BCUT2D eigenvalue weighted by Gasteiger charge is 2.39. The first kappa shape index (κ1) is 24.8. The second kappa shape index (κ2) is 9.74. The van der Waals surface area contributed by atoms with E-state index in [1.54, 1.807) is 48.5 Å². The van der Waals surface area contributed by atoms with Crippen molar-refractivity contribution in [1.29, 1.82) is 0 Å². The van der Waals surface area contributed by atoms with Gasteiger partial charge < -0.3 is 10.1 Å². The van der Waals surface area contributed by atoms with Crippen molar-refractivity contribution in [1.82, 2.24) is 5.32 Å². The number of carbonyl (C=O) groups is 1. The van der Waals surface area contributed by atoms with E-state index >= 15 is 0 Å². The maximum absolute atomic E-state index is 13.3. The van der Waals surface area contributed by atoms with Gasteiger partial charge in [-0.25, -0.2) is 8.42 Å². The Morgan fingerprint density at radius 2 is 1.71 bits per heavy atom. The third-order valence-corrected chi connectivity index (χ3v) is 8.74. The number of carbonyl (C=O) groups excluding carboxylic acids is 1. The summed E-state index contributed by atoms with van der Waals surface area (Å²) >= 11 is 0. The zero-order valence-corrected chi connectivity index (χ0v) is 21.4. The maximum atomic E-state index is 13.3. The van der Waals surface area contributed by atoms with Gasteiger partial charge in [-0.2, -0.15) is 0 Å². The van der Waals surface area contributed by atoms with E-state index in [4.69, 9.17) is 4.74 Å². The molecule has 1 aliphatic rings. The van der Waals surface area contributed by atoms with Crippen LogP contribution in [0.15, 0.2) is 77.7 Å². The standard InChI is InChI=1S/C28H32N2O4S/c1-5-28(6-2)19-25(24-12-7-8-13-26(24)34-28)29-27(31)21-10-9-11-22(18-21)30(4)35(32,33)23-16-14-20(3)15-17-23/h7-18,25H,5-6,19H2,1-4H3,(H,29,31). The number of rotatable bonds is 7. The largest absolute Gasteiger partial charge is 0.487 e. The van der Waals surface area contributed by atoms with E-state index in [2.05, 4.69) is 19.2 Å². The van der Waals surface area contributed by atoms with E-state index in [1.165, 1.54) is 11.4 Å². The molecule has 3 aromatic rings. The normalized spacial score (nSPS) is 16.6. The fourth-order valence-corrected chi connectivity index (χ4v) is 5.71. The molecule has 0 saturated carbocycles. The van der Waals surface area contributed by atoms with Crippen LogP contribution >= 0.6 is 0 Å². The number of nitrogens with zero attached hydrogens (tertiary/aromatic N) is 1. The van der Waals surface area contributed by atoms with E-state index in [0.717, 1.165) is 29.7 Å². The monoisotopic (exact) mass is 492 g/mol. The number of benzene rings is 3. The Labute approximate surface area is 208 Å². The van der Waals surface area contributed by atoms with Gasteiger partial charge >= 0.3 is 0 Å². The summed E-state index contributed by atoms with van der Waals surface area (Å²) < 4.78 is 33.8. The lowest BCUT2D eigenvalue weighted by Gasteiger charge is -2.41. The lowest BCUT2D eigenvalue weighted by molar-refractivity contribution is 0.0227. The van der Waals surface area contributed by atoms with Crippen LogP contribution in [-0.2, 0) is 10.0 Å². The number of fused-ring (bicyclic) bond motifs is 1. The van der Waals surface area contributed by atoms with Crippen LogP contribution in [-0.4, -0.2) is 27.0 Å². The fraction of sp³-hybridized carbons (Fsp3) is 0.321. The Morgan fingerprint density at radius 3 is 2.40 bits per heavy atom. The van der Waals surface area contributed by atoms with Crippen LogP contribution in [0.3, 0.4) is 0 Å². The van der Waals surface area contributed by atoms with Crippen LogP contribution in [0.5, 0.6) is 5.75 Å². The molecule has 3 aromatic carbocycles. The van der Waals surface area contributed by atoms with Crippen LogP contribution < -0.4 is 14.4 Å². The van der Waals surface area contributed by atoms with Crippen molar-refractivity contribution in [3.63, 3.8) is 0 Å². The smallest absolute Gasteiger partial charge is 0.264 e. The van der Waals surface area contributed by atoms with Crippen molar-refractivity contribution in [3.8, 4) is 5.75 Å². The molecule has 0 aromatic heterocycles. The molecule has 1 unspecified atom stereocenters. The van der Waals surface area contributed by atoms with Crippen LogP contribution in [0.25, 0.3) is 0 Å². The zero-order chi connectivity index (χ0) is 25.2.